The van der Waals surface area contributed by atoms with Crippen LogP contribution in [0.25, 0.3) is 0 Å². The van der Waals surface area contributed by atoms with Gasteiger partial charge in [0.2, 0.25) is 0 Å². The van der Waals surface area contributed by atoms with E-state index in [2.05, 4.69) is 9.97 Å². The number of sulfone groups is 1. The molecule has 17 heavy (non-hydrogen) atoms. The molecule has 92 valence electrons. The molecule has 1 saturated carbocycles. The molecule has 0 unspecified atom stereocenters. The predicted octanol–water partition coefficient (Wildman–Crippen LogP) is 0.0379. The maximum Gasteiger partial charge on any atom is 0.342 e. The van der Waals surface area contributed by atoms with E-state index in [0.717, 1.165) is 19.1 Å². The molecule has 0 aromatic carbocycles. The van der Waals surface area contributed by atoms with Gasteiger partial charge in [-0.3, -0.25) is 0 Å². The highest BCUT2D eigenvalue weighted by molar-refractivity contribution is 7.90. The van der Waals surface area contributed by atoms with Crippen LogP contribution in [0.2, 0.25) is 0 Å². The van der Waals surface area contributed by atoms with Crippen LogP contribution in [0, 0.1) is 0 Å². The van der Waals surface area contributed by atoms with Crippen LogP contribution in [0.5, 0.6) is 0 Å². The second kappa shape index (κ2) is 3.66. The van der Waals surface area contributed by atoms with Gasteiger partial charge in [0.05, 0.1) is 0 Å². The quantitative estimate of drug-likeness (QED) is 0.732. The highest BCUT2D eigenvalue weighted by atomic mass is 32.2. The molecule has 1 fully saturated rings. The van der Waals surface area contributed by atoms with Gasteiger partial charge in [0.25, 0.3) is 0 Å². The summed E-state index contributed by atoms with van der Waals surface area (Å²) in [5, 5.41) is 8.43. The highest BCUT2D eigenvalue weighted by Crippen LogP contribution is 2.39. The molecule has 1 aliphatic rings. The van der Waals surface area contributed by atoms with Gasteiger partial charge < -0.3 is 10.8 Å². The molecular formula is C9H11N3O4S. The Labute approximate surface area is 97.6 Å². The lowest BCUT2D eigenvalue weighted by molar-refractivity contribution is 0.0692. The maximum absolute atomic E-state index is 11.5. The van der Waals surface area contributed by atoms with E-state index < -0.39 is 26.4 Å². The van der Waals surface area contributed by atoms with E-state index in [-0.39, 0.29) is 11.7 Å². The van der Waals surface area contributed by atoms with Crippen molar-refractivity contribution in [2.75, 3.05) is 12.0 Å². The predicted molar refractivity (Wildman–Crippen MR) is 58.5 cm³/mol. The number of aromatic nitrogens is 2. The van der Waals surface area contributed by atoms with Crippen molar-refractivity contribution in [1.82, 2.24) is 9.97 Å². The minimum absolute atomic E-state index is 0.0978. The molecule has 0 aliphatic heterocycles. The molecule has 0 amide bonds. The van der Waals surface area contributed by atoms with E-state index in [1.807, 2.05) is 0 Å². The Kier molecular flexibility index (Phi) is 2.53. The van der Waals surface area contributed by atoms with Crippen molar-refractivity contribution in [3.05, 3.63) is 11.4 Å². The molecule has 0 atom stereocenters. The van der Waals surface area contributed by atoms with Gasteiger partial charge in [-0.2, -0.15) is 0 Å². The van der Waals surface area contributed by atoms with Crippen molar-refractivity contribution in [2.45, 2.75) is 23.8 Å². The van der Waals surface area contributed by atoms with E-state index in [1.54, 1.807) is 0 Å². The summed E-state index contributed by atoms with van der Waals surface area (Å²) in [4.78, 5) is 18.6. The van der Waals surface area contributed by atoms with Crippen LogP contribution in [-0.4, -0.2) is 35.7 Å². The van der Waals surface area contributed by atoms with Gasteiger partial charge in [-0.25, -0.2) is 23.2 Å². The molecule has 1 heterocycles. The molecule has 0 saturated heterocycles. The van der Waals surface area contributed by atoms with Crippen molar-refractivity contribution in [2.24, 2.45) is 0 Å². The summed E-state index contributed by atoms with van der Waals surface area (Å²) < 4.78 is 23.0. The number of nitrogen functional groups attached to an aromatic ring is 1. The fraction of sp³-hybridized carbons (Fsp3) is 0.444. The summed E-state index contributed by atoms with van der Waals surface area (Å²) in [6, 6.07) is 0. The number of nitrogens with zero attached hydrogens (tertiary/aromatic N) is 2. The second-order valence-corrected chi connectivity index (χ2v) is 5.93. The Bertz CT molecular complexity index is 593. The van der Waals surface area contributed by atoms with Crippen LogP contribution >= 0.6 is 0 Å². The van der Waals surface area contributed by atoms with Crippen LogP contribution in [-0.2, 0) is 9.84 Å². The number of hydrogen-bond donors (Lipinski definition) is 2. The summed E-state index contributed by atoms with van der Waals surface area (Å²) in [6.45, 7) is 0. The minimum Gasteiger partial charge on any atom is -0.477 e. The number of carboxylic acid groups (broad SMARTS) is 1. The third-order valence-electron chi connectivity index (χ3n) is 2.43. The Morgan fingerprint density at radius 3 is 2.41 bits per heavy atom. The zero-order chi connectivity index (χ0) is 12.8. The lowest BCUT2D eigenvalue weighted by Gasteiger charge is -2.08. The summed E-state index contributed by atoms with van der Waals surface area (Å²) in [6.07, 6.45) is 2.64. The van der Waals surface area contributed by atoms with Crippen molar-refractivity contribution in [3.8, 4) is 0 Å². The van der Waals surface area contributed by atoms with Gasteiger partial charge in [0, 0.05) is 12.2 Å². The Hall–Kier alpha value is -1.70. The lowest BCUT2D eigenvalue weighted by atomic mass is 10.3. The van der Waals surface area contributed by atoms with Gasteiger partial charge in [-0.05, 0) is 12.8 Å². The van der Waals surface area contributed by atoms with Gasteiger partial charge in [-0.15, -0.1) is 0 Å². The number of carbonyl (C=O) groups is 1. The molecule has 7 nitrogen and oxygen atoms in total. The molecule has 2 rings (SSSR count). The van der Waals surface area contributed by atoms with E-state index in [9.17, 15) is 13.2 Å². The van der Waals surface area contributed by atoms with Gasteiger partial charge in [0.15, 0.2) is 14.9 Å². The first kappa shape index (κ1) is 11.8. The SMILES string of the molecule is CS(=O)(=O)c1nc(C2CC2)nc(N)c1C(=O)O. The third-order valence-corrected chi connectivity index (χ3v) is 3.43. The monoisotopic (exact) mass is 257 g/mol. The van der Waals surface area contributed by atoms with Crippen LogP contribution in [0.4, 0.5) is 5.82 Å². The number of carboxylic acids is 1. The Morgan fingerprint density at radius 1 is 1.41 bits per heavy atom. The van der Waals surface area contributed by atoms with Gasteiger partial charge in [-0.1, -0.05) is 0 Å². The standard InChI is InChI=1S/C9H11N3O4S/c1-17(15,16)8-5(9(13)14)6(10)11-7(12-8)4-2-3-4/h4H,2-3H2,1H3,(H,13,14)(H2,10,11,12). The number of rotatable bonds is 3. The normalized spacial score (nSPS) is 15.8. The van der Waals surface area contributed by atoms with Gasteiger partial charge in [0.1, 0.15) is 17.2 Å². The Morgan fingerprint density at radius 2 is 2.00 bits per heavy atom. The van der Waals surface area contributed by atoms with E-state index in [1.165, 1.54) is 0 Å². The summed E-state index contributed by atoms with van der Waals surface area (Å²) >= 11 is 0. The first-order valence-electron chi connectivity index (χ1n) is 4.91. The maximum atomic E-state index is 11.5. The minimum atomic E-state index is -3.74. The van der Waals surface area contributed by atoms with Gasteiger partial charge >= 0.3 is 5.97 Å². The van der Waals surface area contributed by atoms with Crippen LogP contribution in [0.3, 0.4) is 0 Å². The zero-order valence-corrected chi connectivity index (χ0v) is 9.86. The summed E-state index contributed by atoms with van der Waals surface area (Å²) in [5.74, 6) is -1.33. The number of anilines is 1. The Balaban J connectivity index is 2.71. The van der Waals surface area contributed by atoms with E-state index >= 15 is 0 Å². The van der Waals surface area contributed by atoms with E-state index in [4.69, 9.17) is 10.8 Å². The van der Waals surface area contributed by atoms with Crippen LogP contribution < -0.4 is 5.73 Å². The first-order valence-corrected chi connectivity index (χ1v) is 6.80. The highest BCUT2D eigenvalue weighted by Gasteiger charge is 2.32. The fourth-order valence-corrected chi connectivity index (χ4v) is 2.29. The number of nitrogens with two attached hydrogens (primary N) is 1. The van der Waals surface area contributed by atoms with Crippen molar-refractivity contribution in [3.63, 3.8) is 0 Å². The molecule has 1 aliphatic carbocycles. The first-order chi connectivity index (χ1) is 7.80. The smallest absolute Gasteiger partial charge is 0.342 e. The van der Waals surface area contributed by atoms with E-state index in [0.29, 0.717) is 5.82 Å². The van der Waals surface area contributed by atoms with Crippen molar-refractivity contribution < 1.29 is 18.3 Å². The fourth-order valence-electron chi connectivity index (χ4n) is 1.47. The summed E-state index contributed by atoms with van der Waals surface area (Å²) in [5.41, 5.74) is 4.94. The lowest BCUT2D eigenvalue weighted by Crippen LogP contribution is -2.16. The molecule has 8 heteroatoms. The molecule has 0 spiro atoms. The van der Waals surface area contributed by atoms with Crippen molar-refractivity contribution >= 4 is 21.6 Å². The molecule has 0 bridgehead atoms. The zero-order valence-electron chi connectivity index (χ0n) is 9.04. The topological polar surface area (TPSA) is 123 Å². The average molecular weight is 257 g/mol. The molecule has 3 N–H and O–H groups in total. The average Bonchev–Trinajstić information content (AvgIpc) is 2.97. The number of hydrogen-bond acceptors (Lipinski definition) is 6. The molecule has 1 aromatic heterocycles. The molecular weight excluding hydrogens is 246 g/mol. The largest absolute Gasteiger partial charge is 0.477 e. The third kappa shape index (κ3) is 2.21. The summed E-state index contributed by atoms with van der Waals surface area (Å²) in [7, 11) is -3.74. The van der Waals surface area contributed by atoms with Crippen LogP contribution in [0.15, 0.2) is 5.03 Å². The number of aromatic carboxylic acids is 1. The van der Waals surface area contributed by atoms with Crippen molar-refractivity contribution in [1.29, 1.82) is 0 Å². The van der Waals surface area contributed by atoms with Crippen LogP contribution in [0.1, 0.15) is 34.9 Å². The molecule has 0 radical (unpaired) electrons. The molecule has 1 aromatic rings. The second-order valence-electron chi connectivity index (χ2n) is 4.00.